The third-order valence-electron chi connectivity index (χ3n) is 7.98. The minimum atomic E-state index is -1.63. The van der Waals surface area contributed by atoms with Gasteiger partial charge in [0.2, 0.25) is 29.5 Å². The van der Waals surface area contributed by atoms with Crippen LogP contribution in [0.4, 0.5) is 0 Å². The second-order valence-corrected chi connectivity index (χ2v) is 13.8. The monoisotopic (exact) mass is 725 g/mol. The molecule has 0 bridgehead atoms. The van der Waals surface area contributed by atoms with Crippen LogP contribution >= 0.6 is 0 Å². The molecule has 51 heavy (non-hydrogen) atoms. The van der Waals surface area contributed by atoms with Crippen molar-refractivity contribution < 1.29 is 48.9 Å². The molecule has 1 aromatic heterocycles. The van der Waals surface area contributed by atoms with Crippen molar-refractivity contribution in [3.05, 3.63) is 18.2 Å². The van der Waals surface area contributed by atoms with E-state index in [1.165, 1.54) is 19.4 Å². The number of imidazole rings is 1. The Labute approximate surface area is 296 Å². The van der Waals surface area contributed by atoms with Gasteiger partial charge in [0, 0.05) is 24.7 Å². The van der Waals surface area contributed by atoms with E-state index >= 15 is 0 Å². The summed E-state index contributed by atoms with van der Waals surface area (Å²) in [6.07, 6.45) is 1.25. The lowest BCUT2D eigenvalue weighted by molar-refractivity contribution is -0.143. The number of carboxylic acid groups (broad SMARTS) is 2. The number of H-pyrrole nitrogens is 1. The maximum atomic E-state index is 13.5. The Morgan fingerprint density at radius 2 is 1.33 bits per heavy atom. The number of carboxylic acids is 2. The highest BCUT2D eigenvalue weighted by molar-refractivity contribution is 5.96. The molecular weight excluding hydrogens is 670 g/mol. The van der Waals surface area contributed by atoms with Gasteiger partial charge in [-0.1, -0.05) is 34.6 Å². The van der Waals surface area contributed by atoms with Crippen molar-refractivity contribution in [1.82, 2.24) is 36.6 Å². The van der Waals surface area contributed by atoms with Crippen molar-refractivity contribution in [3.8, 4) is 0 Å². The van der Waals surface area contributed by atoms with Crippen LogP contribution in [0.15, 0.2) is 12.5 Å². The number of aliphatic hydroxyl groups is 1. The summed E-state index contributed by atoms with van der Waals surface area (Å²) in [5, 5.41) is 41.5. The average Bonchev–Trinajstić information content (AvgIpc) is 3.55. The minimum Gasteiger partial charge on any atom is -0.481 e. The van der Waals surface area contributed by atoms with Gasteiger partial charge in [0.15, 0.2) is 0 Å². The number of hydrogen-bond acceptors (Lipinski definition) is 11. The van der Waals surface area contributed by atoms with Crippen molar-refractivity contribution in [1.29, 1.82) is 0 Å². The largest absolute Gasteiger partial charge is 0.481 e. The van der Waals surface area contributed by atoms with Gasteiger partial charge in [0.1, 0.15) is 30.2 Å². The molecule has 19 heteroatoms. The van der Waals surface area contributed by atoms with Gasteiger partial charge in [-0.15, -0.1) is 0 Å². The second-order valence-electron chi connectivity index (χ2n) is 13.8. The summed E-state index contributed by atoms with van der Waals surface area (Å²) in [5.41, 5.74) is 11.4. The van der Waals surface area contributed by atoms with Crippen molar-refractivity contribution >= 4 is 41.5 Å². The fraction of sp³-hybridized carbons (Fsp3) is 0.688. The molecular formula is C32H55N9O10. The zero-order chi connectivity index (χ0) is 39.1. The summed E-state index contributed by atoms with van der Waals surface area (Å²) in [4.78, 5) is 96.3. The number of nitrogens with two attached hydrogens (primary N) is 2. The normalized spacial score (nSPS) is 15.6. The highest BCUT2D eigenvalue weighted by Gasteiger charge is 2.36. The number of amides is 5. The number of aromatic nitrogens is 2. The highest BCUT2D eigenvalue weighted by Crippen LogP contribution is 2.17. The molecule has 1 aromatic rings. The molecule has 13 N–H and O–H groups in total. The van der Waals surface area contributed by atoms with Gasteiger partial charge in [0.25, 0.3) is 0 Å². The lowest BCUT2D eigenvalue weighted by Crippen LogP contribution is -2.62. The number of unbranched alkanes of at least 4 members (excludes halogenated alkanes) is 1. The molecule has 7 atom stereocenters. The molecule has 1 rings (SSSR count). The van der Waals surface area contributed by atoms with Crippen LogP contribution in [-0.2, 0) is 40.0 Å². The Kier molecular flexibility index (Phi) is 18.2. The van der Waals surface area contributed by atoms with Gasteiger partial charge in [-0.25, -0.2) is 9.78 Å². The number of aliphatic hydroxyl groups excluding tert-OH is 1. The maximum Gasteiger partial charge on any atom is 0.326 e. The number of aliphatic carboxylic acids is 2. The van der Waals surface area contributed by atoms with E-state index in [0.29, 0.717) is 25.1 Å². The smallest absolute Gasteiger partial charge is 0.326 e. The summed E-state index contributed by atoms with van der Waals surface area (Å²) >= 11 is 0. The van der Waals surface area contributed by atoms with E-state index in [0.717, 1.165) is 0 Å². The third kappa shape index (κ3) is 15.4. The first kappa shape index (κ1) is 44.4. The fourth-order valence-electron chi connectivity index (χ4n) is 4.74. The molecule has 5 amide bonds. The SMILES string of the molecule is CC(C)[C@H](NC(=O)[C@@H](NC(=O)[C@H](Cc1cnc[nH]1)NC(=O)[C@@H](N)C(C)(C)C)[C@@H](C)O)C(=O)N[C@@H](CCC(=O)O)C(=O)N[C@@H](CCCCN)C(=O)O. The standard InChI is InChI=1S/C32H55N9O10/c1-16(2)23(28(47)37-19(10-11-22(43)44)26(45)38-20(31(50)51)9-7-8-12-33)40-29(48)24(17(3)42)41-27(46)21(13-18-14-35-15-36-18)39-30(49)25(34)32(4,5)6/h14-17,19-21,23-25,42H,7-13,33-34H2,1-6H3,(H,35,36)(H,37,47)(H,38,45)(H,39,49)(H,40,48)(H,41,46)(H,43,44)(H,50,51)/t17-,19+,20+,21+,23+,24+,25-/m1/s1. The van der Waals surface area contributed by atoms with Gasteiger partial charge in [-0.2, -0.15) is 0 Å². The molecule has 0 saturated carbocycles. The maximum absolute atomic E-state index is 13.5. The van der Waals surface area contributed by atoms with Gasteiger partial charge in [-0.3, -0.25) is 28.8 Å². The topological polar surface area (TPSA) is 321 Å². The van der Waals surface area contributed by atoms with Gasteiger partial charge in [-0.05, 0) is 50.5 Å². The van der Waals surface area contributed by atoms with E-state index in [1.54, 1.807) is 34.6 Å². The van der Waals surface area contributed by atoms with E-state index < -0.39 is 108 Å². The van der Waals surface area contributed by atoms with E-state index in [4.69, 9.17) is 11.5 Å². The Hall–Kier alpha value is -4.62. The van der Waals surface area contributed by atoms with Crippen LogP contribution in [-0.4, -0.2) is 116 Å². The van der Waals surface area contributed by atoms with Gasteiger partial charge >= 0.3 is 11.9 Å². The number of rotatable bonds is 22. The summed E-state index contributed by atoms with van der Waals surface area (Å²) < 4.78 is 0. The number of aromatic amines is 1. The van der Waals surface area contributed by atoms with Crippen LogP contribution in [0.2, 0.25) is 0 Å². The van der Waals surface area contributed by atoms with E-state index in [-0.39, 0.29) is 12.8 Å². The van der Waals surface area contributed by atoms with Crippen LogP contribution in [0, 0.1) is 11.3 Å². The fourth-order valence-corrected chi connectivity index (χ4v) is 4.74. The molecule has 0 aliphatic rings. The first-order valence-electron chi connectivity index (χ1n) is 16.8. The summed E-state index contributed by atoms with van der Waals surface area (Å²) in [7, 11) is 0. The number of carbonyl (C=O) groups excluding carboxylic acids is 5. The zero-order valence-electron chi connectivity index (χ0n) is 30.0. The highest BCUT2D eigenvalue weighted by atomic mass is 16.4. The summed E-state index contributed by atoms with van der Waals surface area (Å²) in [5.74, 6) is -7.55. The zero-order valence-corrected chi connectivity index (χ0v) is 30.0. The Morgan fingerprint density at radius 3 is 1.82 bits per heavy atom. The molecule has 1 heterocycles. The Morgan fingerprint density at radius 1 is 0.784 bits per heavy atom. The number of nitrogens with one attached hydrogen (secondary N) is 6. The lowest BCUT2D eigenvalue weighted by Gasteiger charge is -2.30. The van der Waals surface area contributed by atoms with Crippen molar-refractivity contribution in [2.75, 3.05) is 6.54 Å². The molecule has 0 unspecified atom stereocenters. The average molecular weight is 726 g/mol. The molecule has 0 radical (unpaired) electrons. The van der Waals surface area contributed by atoms with Crippen LogP contribution in [0.1, 0.15) is 79.3 Å². The van der Waals surface area contributed by atoms with E-state index in [1.807, 2.05) is 0 Å². The molecule has 0 aromatic carbocycles. The minimum absolute atomic E-state index is 0.0464. The molecule has 0 aliphatic heterocycles. The molecule has 0 fully saturated rings. The quantitative estimate of drug-likeness (QED) is 0.0570. The van der Waals surface area contributed by atoms with Crippen LogP contribution < -0.4 is 38.1 Å². The molecule has 0 spiro atoms. The van der Waals surface area contributed by atoms with Crippen LogP contribution in [0.25, 0.3) is 0 Å². The number of carbonyl (C=O) groups is 7. The predicted molar refractivity (Wildman–Crippen MR) is 183 cm³/mol. The van der Waals surface area contributed by atoms with Crippen molar-refractivity contribution in [3.63, 3.8) is 0 Å². The predicted octanol–water partition coefficient (Wildman–Crippen LogP) is -2.14. The molecule has 0 aliphatic carbocycles. The number of hydrogen-bond donors (Lipinski definition) is 11. The molecule has 19 nitrogen and oxygen atoms in total. The van der Waals surface area contributed by atoms with E-state index in [9.17, 15) is 48.9 Å². The molecule has 0 saturated heterocycles. The summed E-state index contributed by atoms with van der Waals surface area (Å²) in [6.45, 7) is 9.91. The Bertz CT molecular complexity index is 1330. The van der Waals surface area contributed by atoms with E-state index in [2.05, 4.69) is 36.6 Å². The third-order valence-corrected chi connectivity index (χ3v) is 7.98. The van der Waals surface area contributed by atoms with Gasteiger partial charge < -0.3 is 58.4 Å². The second kappa shape index (κ2) is 20.9. The first-order chi connectivity index (χ1) is 23.7. The van der Waals surface area contributed by atoms with Crippen molar-refractivity contribution in [2.24, 2.45) is 22.8 Å². The number of nitrogens with zero attached hydrogens (tertiary/aromatic N) is 1. The molecule has 288 valence electrons. The van der Waals surface area contributed by atoms with Gasteiger partial charge in [0.05, 0.1) is 18.5 Å². The Balaban J connectivity index is 3.21. The summed E-state index contributed by atoms with van der Waals surface area (Å²) in [6, 6.07) is -8.05. The lowest BCUT2D eigenvalue weighted by atomic mass is 9.86. The first-order valence-corrected chi connectivity index (χ1v) is 16.8. The van der Waals surface area contributed by atoms with Crippen LogP contribution in [0.5, 0.6) is 0 Å². The van der Waals surface area contributed by atoms with Crippen molar-refractivity contribution in [2.45, 2.75) is 122 Å². The van der Waals surface area contributed by atoms with Crippen LogP contribution in [0.3, 0.4) is 0 Å².